The molecule has 17 heavy (non-hydrogen) atoms. The van der Waals surface area contributed by atoms with Crippen LogP contribution >= 0.6 is 0 Å². The minimum atomic E-state index is 0.232. The summed E-state index contributed by atoms with van der Waals surface area (Å²) in [6.45, 7) is 2.85. The van der Waals surface area contributed by atoms with Crippen LogP contribution in [-0.4, -0.2) is 24.4 Å². The summed E-state index contributed by atoms with van der Waals surface area (Å²) < 4.78 is 0. The van der Waals surface area contributed by atoms with E-state index in [4.69, 9.17) is 0 Å². The van der Waals surface area contributed by atoms with Gasteiger partial charge in [0.2, 0.25) is 0 Å². The van der Waals surface area contributed by atoms with Gasteiger partial charge < -0.3 is 10.3 Å². The van der Waals surface area contributed by atoms with Gasteiger partial charge in [-0.3, -0.25) is 4.79 Å². The average molecular weight is 230 g/mol. The second-order valence-corrected chi connectivity index (χ2v) is 4.30. The number of nitrogens with one attached hydrogen (secondary N) is 2. The number of carbonyl (C=O) groups excluding carboxylic acids is 1. The fourth-order valence-electron chi connectivity index (χ4n) is 2.19. The average Bonchev–Trinajstić information content (AvgIpc) is 2.65. The number of H-pyrrole nitrogens is 1. The fraction of sp³-hybridized carbons (Fsp3) is 0.357. The van der Waals surface area contributed by atoms with Crippen LogP contribution in [0.15, 0.2) is 24.3 Å². The van der Waals surface area contributed by atoms with Crippen molar-refractivity contribution >= 4 is 16.7 Å². The maximum Gasteiger partial charge on any atom is 0.165 e. The van der Waals surface area contributed by atoms with E-state index in [2.05, 4.69) is 10.3 Å². The van der Waals surface area contributed by atoms with Gasteiger partial charge in [-0.2, -0.15) is 0 Å². The predicted octanol–water partition coefficient (Wildman–Crippen LogP) is 2.66. The van der Waals surface area contributed by atoms with E-state index in [0.717, 1.165) is 35.1 Å². The molecule has 1 heterocycles. The van der Waals surface area contributed by atoms with Gasteiger partial charge in [-0.15, -0.1) is 0 Å². The molecule has 2 N–H and O–H groups in total. The minimum Gasteiger partial charge on any atom is -0.358 e. The summed E-state index contributed by atoms with van der Waals surface area (Å²) in [4.78, 5) is 15.4. The van der Waals surface area contributed by atoms with Crippen molar-refractivity contribution in [3.05, 3.63) is 35.5 Å². The van der Waals surface area contributed by atoms with Crippen LogP contribution in [0.3, 0.4) is 0 Å². The zero-order valence-corrected chi connectivity index (χ0v) is 10.3. The lowest BCUT2D eigenvalue weighted by molar-refractivity contribution is 0.0981. The van der Waals surface area contributed by atoms with Gasteiger partial charge in [0, 0.05) is 28.6 Å². The number of ketones is 1. The number of carbonyl (C=O) groups is 1. The Bertz CT molecular complexity index is 528. The molecule has 0 radical (unpaired) electrons. The van der Waals surface area contributed by atoms with Crippen molar-refractivity contribution in [2.24, 2.45) is 0 Å². The fourth-order valence-corrected chi connectivity index (χ4v) is 2.19. The molecule has 0 fully saturated rings. The molecule has 0 atom stereocenters. The standard InChI is InChI=1S/C14H18N2O/c1-10-14(13(17)8-5-9-15-2)11-6-3-4-7-12(11)16-10/h3-4,6-7,15-16H,5,8-9H2,1-2H3. The van der Waals surface area contributed by atoms with Crippen molar-refractivity contribution in [2.45, 2.75) is 19.8 Å². The second-order valence-electron chi connectivity index (χ2n) is 4.30. The van der Waals surface area contributed by atoms with Gasteiger partial charge in [-0.1, -0.05) is 18.2 Å². The molecule has 0 aliphatic carbocycles. The largest absolute Gasteiger partial charge is 0.358 e. The summed E-state index contributed by atoms with van der Waals surface area (Å²) in [5, 5.41) is 4.10. The van der Waals surface area contributed by atoms with Crippen LogP contribution in [-0.2, 0) is 0 Å². The Balaban J connectivity index is 2.28. The van der Waals surface area contributed by atoms with Crippen molar-refractivity contribution in [1.29, 1.82) is 0 Å². The highest BCUT2D eigenvalue weighted by molar-refractivity contribution is 6.09. The second kappa shape index (κ2) is 5.15. The highest BCUT2D eigenvalue weighted by Gasteiger charge is 2.14. The van der Waals surface area contributed by atoms with E-state index in [-0.39, 0.29) is 5.78 Å². The normalized spacial score (nSPS) is 10.9. The molecule has 0 unspecified atom stereocenters. The summed E-state index contributed by atoms with van der Waals surface area (Å²) in [6.07, 6.45) is 1.48. The Morgan fingerprint density at radius 2 is 2.12 bits per heavy atom. The van der Waals surface area contributed by atoms with Gasteiger partial charge >= 0.3 is 0 Å². The first kappa shape index (κ1) is 11.9. The van der Waals surface area contributed by atoms with E-state index in [1.807, 2.05) is 38.2 Å². The maximum absolute atomic E-state index is 12.2. The molecule has 90 valence electrons. The van der Waals surface area contributed by atoms with Crippen LogP contribution in [0.25, 0.3) is 10.9 Å². The molecule has 0 saturated carbocycles. The van der Waals surface area contributed by atoms with Crippen LogP contribution in [0.4, 0.5) is 0 Å². The summed E-state index contributed by atoms with van der Waals surface area (Å²) in [7, 11) is 1.90. The third-order valence-corrected chi connectivity index (χ3v) is 3.00. The van der Waals surface area contributed by atoms with Crippen LogP contribution in [0.5, 0.6) is 0 Å². The quantitative estimate of drug-likeness (QED) is 0.612. The van der Waals surface area contributed by atoms with Gasteiger partial charge in [0.05, 0.1) is 0 Å². The predicted molar refractivity (Wildman–Crippen MR) is 70.5 cm³/mol. The molecule has 0 bridgehead atoms. The lowest BCUT2D eigenvalue weighted by atomic mass is 10.0. The molecule has 0 amide bonds. The van der Waals surface area contributed by atoms with Crippen LogP contribution in [0.1, 0.15) is 28.9 Å². The monoisotopic (exact) mass is 230 g/mol. The van der Waals surface area contributed by atoms with E-state index in [1.165, 1.54) is 0 Å². The van der Waals surface area contributed by atoms with Gasteiger partial charge in [0.1, 0.15) is 0 Å². The molecule has 1 aromatic carbocycles. The van der Waals surface area contributed by atoms with Crippen molar-refractivity contribution in [1.82, 2.24) is 10.3 Å². The van der Waals surface area contributed by atoms with Crippen LogP contribution < -0.4 is 5.32 Å². The summed E-state index contributed by atoms with van der Waals surface area (Å²) in [6, 6.07) is 7.96. The lowest BCUT2D eigenvalue weighted by Crippen LogP contribution is -2.10. The molecule has 0 spiro atoms. The molecule has 0 saturated heterocycles. The number of para-hydroxylation sites is 1. The number of rotatable bonds is 5. The number of fused-ring (bicyclic) bond motifs is 1. The Kier molecular flexibility index (Phi) is 3.59. The van der Waals surface area contributed by atoms with E-state index in [9.17, 15) is 4.79 Å². The number of Topliss-reactive ketones (excluding diaryl/α,β-unsaturated/α-hetero) is 1. The molecule has 0 aliphatic heterocycles. The summed E-state index contributed by atoms with van der Waals surface area (Å²) >= 11 is 0. The molecule has 0 aliphatic rings. The molecule has 3 heteroatoms. The number of hydrogen-bond donors (Lipinski definition) is 2. The number of aromatic nitrogens is 1. The van der Waals surface area contributed by atoms with Crippen LogP contribution in [0, 0.1) is 6.92 Å². The lowest BCUT2D eigenvalue weighted by Gasteiger charge is -2.01. The zero-order valence-electron chi connectivity index (χ0n) is 10.3. The van der Waals surface area contributed by atoms with Crippen molar-refractivity contribution < 1.29 is 4.79 Å². The Morgan fingerprint density at radius 1 is 1.35 bits per heavy atom. The Hall–Kier alpha value is -1.61. The third-order valence-electron chi connectivity index (χ3n) is 3.00. The first-order chi connectivity index (χ1) is 8.24. The highest BCUT2D eigenvalue weighted by atomic mass is 16.1. The van der Waals surface area contributed by atoms with Gasteiger partial charge in [-0.05, 0) is 33.0 Å². The summed E-state index contributed by atoms with van der Waals surface area (Å²) in [5.74, 6) is 0.232. The van der Waals surface area contributed by atoms with E-state index in [0.29, 0.717) is 6.42 Å². The van der Waals surface area contributed by atoms with Crippen molar-refractivity contribution in [2.75, 3.05) is 13.6 Å². The first-order valence-electron chi connectivity index (χ1n) is 5.99. The minimum absolute atomic E-state index is 0.232. The topological polar surface area (TPSA) is 44.9 Å². The Labute approximate surface area is 101 Å². The molecule has 2 rings (SSSR count). The van der Waals surface area contributed by atoms with Crippen LogP contribution in [0.2, 0.25) is 0 Å². The van der Waals surface area contributed by atoms with Gasteiger partial charge in [-0.25, -0.2) is 0 Å². The molecular weight excluding hydrogens is 212 g/mol. The van der Waals surface area contributed by atoms with E-state index >= 15 is 0 Å². The van der Waals surface area contributed by atoms with Crippen molar-refractivity contribution in [3.8, 4) is 0 Å². The van der Waals surface area contributed by atoms with E-state index in [1.54, 1.807) is 0 Å². The van der Waals surface area contributed by atoms with Gasteiger partial charge in [0.25, 0.3) is 0 Å². The first-order valence-corrected chi connectivity index (χ1v) is 5.99. The molecular formula is C14H18N2O. The number of benzene rings is 1. The zero-order chi connectivity index (χ0) is 12.3. The Morgan fingerprint density at radius 3 is 2.88 bits per heavy atom. The number of hydrogen-bond acceptors (Lipinski definition) is 2. The summed E-state index contributed by atoms with van der Waals surface area (Å²) in [5.41, 5.74) is 2.87. The molecule has 1 aromatic heterocycles. The highest BCUT2D eigenvalue weighted by Crippen LogP contribution is 2.23. The number of aryl methyl sites for hydroxylation is 1. The maximum atomic E-state index is 12.2. The molecule has 2 aromatic rings. The van der Waals surface area contributed by atoms with Crippen molar-refractivity contribution in [3.63, 3.8) is 0 Å². The number of aromatic amines is 1. The van der Waals surface area contributed by atoms with E-state index < -0.39 is 0 Å². The smallest absolute Gasteiger partial charge is 0.165 e. The third kappa shape index (κ3) is 2.39. The molecule has 3 nitrogen and oxygen atoms in total. The van der Waals surface area contributed by atoms with Gasteiger partial charge in [0.15, 0.2) is 5.78 Å². The SMILES string of the molecule is CNCCCC(=O)c1c(C)[nH]c2ccccc12.